The van der Waals surface area contributed by atoms with Crippen molar-refractivity contribution in [2.75, 3.05) is 25.7 Å². The Morgan fingerprint density at radius 2 is 1.95 bits per heavy atom. The number of hydrogen-bond donors (Lipinski definition) is 1. The third-order valence-electron chi connectivity index (χ3n) is 3.35. The predicted octanol–water partition coefficient (Wildman–Crippen LogP) is 4.00. The van der Waals surface area contributed by atoms with Crippen molar-refractivity contribution in [3.05, 3.63) is 29.8 Å². The first kappa shape index (κ1) is 17.4. The van der Waals surface area contributed by atoms with E-state index in [1.165, 1.54) is 17.7 Å². The summed E-state index contributed by atoms with van der Waals surface area (Å²) in [6, 6.07) is 8.37. The fourth-order valence-corrected chi connectivity index (χ4v) is 2.76. The van der Waals surface area contributed by atoms with E-state index in [1.807, 2.05) is 17.8 Å². The number of nitrogens with one attached hydrogen (secondary N) is 1. The van der Waals surface area contributed by atoms with Crippen LogP contribution in [0.3, 0.4) is 0 Å². The van der Waals surface area contributed by atoms with E-state index in [1.54, 1.807) is 7.11 Å². The lowest BCUT2D eigenvalue weighted by Gasteiger charge is -2.25. The van der Waals surface area contributed by atoms with Gasteiger partial charge in [0.2, 0.25) is 0 Å². The SMILES string of the molecule is COc1ccccc1CC(CCSC)CNC(C)(C)C. The van der Waals surface area contributed by atoms with Gasteiger partial charge >= 0.3 is 0 Å². The van der Waals surface area contributed by atoms with Crippen LogP contribution in [0.15, 0.2) is 24.3 Å². The molecule has 0 bridgehead atoms. The Morgan fingerprint density at radius 1 is 1.25 bits per heavy atom. The molecule has 20 heavy (non-hydrogen) atoms. The van der Waals surface area contributed by atoms with Crippen LogP contribution in [0.1, 0.15) is 32.8 Å². The molecule has 0 spiro atoms. The summed E-state index contributed by atoms with van der Waals surface area (Å²) in [6.45, 7) is 7.73. The van der Waals surface area contributed by atoms with E-state index in [2.05, 4.69) is 50.5 Å². The van der Waals surface area contributed by atoms with Gasteiger partial charge in [-0.05, 0) is 69.7 Å². The first-order valence-corrected chi connectivity index (χ1v) is 8.71. The fourth-order valence-electron chi connectivity index (χ4n) is 2.19. The predicted molar refractivity (Wildman–Crippen MR) is 90.9 cm³/mol. The molecule has 0 saturated heterocycles. The molecule has 114 valence electrons. The fraction of sp³-hybridized carbons (Fsp3) is 0.647. The van der Waals surface area contributed by atoms with Crippen LogP contribution in [-0.4, -0.2) is 31.2 Å². The van der Waals surface area contributed by atoms with Gasteiger partial charge in [-0.1, -0.05) is 18.2 Å². The maximum Gasteiger partial charge on any atom is 0.122 e. The molecule has 1 atom stereocenters. The molecule has 0 saturated carbocycles. The summed E-state index contributed by atoms with van der Waals surface area (Å²) < 4.78 is 5.47. The highest BCUT2D eigenvalue weighted by molar-refractivity contribution is 7.98. The Hall–Kier alpha value is -0.670. The average Bonchev–Trinajstić information content (AvgIpc) is 2.41. The third-order valence-corrected chi connectivity index (χ3v) is 4.00. The van der Waals surface area contributed by atoms with E-state index in [0.717, 1.165) is 18.7 Å². The number of benzene rings is 1. The van der Waals surface area contributed by atoms with Crippen molar-refractivity contribution < 1.29 is 4.74 Å². The van der Waals surface area contributed by atoms with Crippen LogP contribution in [0.25, 0.3) is 0 Å². The van der Waals surface area contributed by atoms with Crippen LogP contribution >= 0.6 is 11.8 Å². The van der Waals surface area contributed by atoms with E-state index in [4.69, 9.17) is 4.74 Å². The molecule has 1 rings (SSSR count). The summed E-state index contributed by atoms with van der Waals surface area (Å²) in [5.74, 6) is 2.88. The van der Waals surface area contributed by atoms with Gasteiger partial charge in [0.1, 0.15) is 5.75 Å². The van der Waals surface area contributed by atoms with Crippen molar-refractivity contribution in [1.82, 2.24) is 5.32 Å². The summed E-state index contributed by atoms with van der Waals surface area (Å²) in [5, 5.41) is 3.64. The van der Waals surface area contributed by atoms with E-state index >= 15 is 0 Å². The van der Waals surface area contributed by atoms with Crippen molar-refractivity contribution in [3.8, 4) is 5.75 Å². The molecule has 1 N–H and O–H groups in total. The molecule has 0 aliphatic rings. The van der Waals surface area contributed by atoms with Crippen LogP contribution in [0.2, 0.25) is 0 Å². The van der Waals surface area contributed by atoms with Crippen LogP contribution in [0.5, 0.6) is 5.75 Å². The number of ether oxygens (including phenoxy) is 1. The summed E-state index contributed by atoms with van der Waals surface area (Å²) >= 11 is 1.92. The smallest absolute Gasteiger partial charge is 0.122 e. The van der Waals surface area contributed by atoms with Gasteiger partial charge in [0, 0.05) is 5.54 Å². The molecule has 0 heterocycles. The molecule has 0 amide bonds. The zero-order valence-electron chi connectivity index (χ0n) is 13.5. The second kappa shape index (κ2) is 8.58. The highest BCUT2D eigenvalue weighted by atomic mass is 32.2. The number of rotatable bonds is 8. The Morgan fingerprint density at radius 3 is 2.55 bits per heavy atom. The lowest BCUT2D eigenvalue weighted by Crippen LogP contribution is -2.39. The number of thioether (sulfide) groups is 1. The van der Waals surface area contributed by atoms with Crippen molar-refractivity contribution in [2.24, 2.45) is 5.92 Å². The first-order valence-electron chi connectivity index (χ1n) is 7.32. The monoisotopic (exact) mass is 295 g/mol. The quantitative estimate of drug-likeness (QED) is 0.783. The van der Waals surface area contributed by atoms with E-state index in [9.17, 15) is 0 Å². The highest BCUT2D eigenvalue weighted by Gasteiger charge is 2.16. The van der Waals surface area contributed by atoms with Gasteiger partial charge < -0.3 is 10.1 Å². The van der Waals surface area contributed by atoms with E-state index < -0.39 is 0 Å². The molecule has 0 aromatic heterocycles. The van der Waals surface area contributed by atoms with Gasteiger partial charge in [-0.2, -0.15) is 11.8 Å². The molecular weight excluding hydrogens is 266 g/mol. The Bertz CT molecular complexity index is 387. The standard InChI is InChI=1S/C17H29NOS/c1-17(2,3)18-13-14(10-11-20-5)12-15-8-6-7-9-16(15)19-4/h6-9,14,18H,10-13H2,1-5H3. The normalized spacial score (nSPS) is 13.2. The van der Waals surface area contributed by atoms with Crippen LogP contribution in [-0.2, 0) is 6.42 Å². The minimum absolute atomic E-state index is 0.179. The molecule has 0 fully saturated rings. The minimum atomic E-state index is 0.179. The largest absolute Gasteiger partial charge is 0.496 e. The number of para-hydroxylation sites is 1. The first-order chi connectivity index (χ1) is 9.46. The van der Waals surface area contributed by atoms with Crippen LogP contribution < -0.4 is 10.1 Å². The topological polar surface area (TPSA) is 21.3 Å². The number of hydrogen-bond acceptors (Lipinski definition) is 3. The Labute approximate surface area is 128 Å². The van der Waals surface area contributed by atoms with Crippen molar-refractivity contribution in [2.45, 2.75) is 39.2 Å². The lowest BCUT2D eigenvalue weighted by atomic mass is 9.95. The van der Waals surface area contributed by atoms with Gasteiger partial charge in [-0.3, -0.25) is 0 Å². The summed E-state index contributed by atoms with van der Waals surface area (Å²) in [7, 11) is 1.75. The van der Waals surface area contributed by atoms with E-state index in [-0.39, 0.29) is 5.54 Å². The molecule has 0 radical (unpaired) electrons. The van der Waals surface area contributed by atoms with E-state index in [0.29, 0.717) is 5.92 Å². The highest BCUT2D eigenvalue weighted by Crippen LogP contribution is 2.23. The van der Waals surface area contributed by atoms with Crippen LogP contribution in [0, 0.1) is 5.92 Å². The second-order valence-electron chi connectivity index (χ2n) is 6.29. The second-order valence-corrected chi connectivity index (χ2v) is 7.28. The molecule has 2 nitrogen and oxygen atoms in total. The molecule has 1 unspecified atom stereocenters. The van der Waals surface area contributed by atoms with Gasteiger partial charge in [-0.25, -0.2) is 0 Å². The minimum Gasteiger partial charge on any atom is -0.496 e. The van der Waals surface area contributed by atoms with Gasteiger partial charge in [0.15, 0.2) is 0 Å². The van der Waals surface area contributed by atoms with Crippen molar-refractivity contribution in [3.63, 3.8) is 0 Å². The molecule has 0 aliphatic carbocycles. The Kier molecular flexibility index (Phi) is 7.46. The molecular formula is C17H29NOS. The average molecular weight is 295 g/mol. The van der Waals surface area contributed by atoms with Crippen LogP contribution in [0.4, 0.5) is 0 Å². The Balaban J connectivity index is 2.67. The maximum absolute atomic E-state index is 5.47. The third kappa shape index (κ3) is 6.67. The lowest BCUT2D eigenvalue weighted by molar-refractivity contribution is 0.358. The van der Waals surface area contributed by atoms with Gasteiger partial charge in [-0.15, -0.1) is 0 Å². The van der Waals surface area contributed by atoms with Gasteiger partial charge in [0.25, 0.3) is 0 Å². The maximum atomic E-state index is 5.47. The molecule has 3 heteroatoms. The van der Waals surface area contributed by atoms with Crippen molar-refractivity contribution in [1.29, 1.82) is 0 Å². The summed E-state index contributed by atoms with van der Waals surface area (Å²) in [5.41, 5.74) is 1.50. The summed E-state index contributed by atoms with van der Waals surface area (Å²) in [4.78, 5) is 0. The number of methoxy groups -OCH3 is 1. The van der Waals surface area contributed by atoms with Gasteiger partial charge in [0.05, 0.1) is 7.11 Å². The van der Waals surface area contributed by atoms with Crippen molar-refractivity contribution >= 4 is 11.8 Å². The molecule has 1 aromatic rings. The molecule has 1 aromatic carbocycles. The zero-order chi connectivity index (χ0) is 15.0. The summed E-state index contributed by atoms with van der Waals surface area (Å²) in [6.07, 6.45) is 4.49. The molecule has 0 aliphatic heterocycles. The zero-order valence-corrected chi connectivity index (χ0v) is 14.3.